The summed E-state index contributed by atoms with van der Waals surface area (Å²) in [4.78, 5) is 14.4. The summed E-state index contributed by atoms with van der Waals surface area (Å²) in [6, 6.07) is 26.0. The number of rotatable bonds is 12. The molecule has 0 aliphatic heterocycles. The lowest BCUT2D eigenvalue weighted by atomic mass is 9.99. The third-order valence-electron chi connectivity index (χ3n) is 6.79. The first-order valence-corrected chi connectivity index (χ1v) is 14.5. The number of aryl methyl sites for hydroxylation is 1. The first kappa shape index (κ1) is 29.5. The van der Waals surface area contributed by atoms with Crippen LogP contribution >= 0.6 is 11.8 Å². The molecule has 0 bridgehead atoms. The average molecular weight is 561 g/mol. The summed E-state index contributed by atoms with van der Waals surface area (Å²) in [5.74, 6) is -1.77. The van der Waals surface area contributed by atoms with Gasteiger partial charge in [0.15, 0.2) is 0 Å². The molecule has 7 heteroatoms. The molecule has 208 valence electrons. The van der Waals surface area contributed by atoms with Crippen LogP contribution in [0.25, 0.3) is 11.1 Å². The normalized spacial score (nSPS) is 12.6. The van der Waals surface area contributed by atoms with E-state index in [2.05, 4.69) is 29.7 Å². The standard InChI is InChI=1S/C33H34F2N2O2S/c1-3-22-9-7-10-23(15-22)20-36-21-31(38)30(18-24-16-26(34)19-27(35)17-24)37-33(39)29-14-8-13-28(32(29)40-2)25-11-5-4-6-12-25/h4-17,19,30-31,36,38H,3,18,20-21H2,1-2H3,(H,37,39)/t30-,31+/m0/s1. The second kappa shape index (κ2) is 14.2. The molecule has 0 aromatic heterocycles. The fourth-order valence-electron chi connectivity index (χ4n) is 4.76. The van der Waals surface area contributed by atoms with Crippen molar-refractivity contribution in [1.82, 2.24) is 10.6 Å². The predicted octanol–water partition coefficient (Wildman–Crippen LogP) is 6.41. The fraction of sp³-hybridized carbons (Fsp3) is 0.242. The molecule has 0 heterocycles. The lowest BCUT2D eigenvalue weighted by molar-refractivity contribution is 0.0827. The SMILES string of the molecule is CCc1cccc(CNC[C@@H](O)[C@H](Cc2cc(F)cc(F)c2)NC(=O)c2cccc(-c3ccccc3)c2SC)c1. The van der Waals surface area contributed by atoms with E-state index in [0.29, 0.717) is 17.7 Å². The van der Waals surface area contributed by atoms with Crippen molar-refractivity contribution in [2.75, 3.05) is 12.8 Å². The third-order valence-corrected chi connectivity index (χ3v) is 7.64. The van der Waals surface area contributed by atoms with Crippen LogP contribution in [0.15, 0.2) is 95.9 Å². The highest BCUT2D eigenvalue weighted by atomic mass is 32.2. The molecule has 0 spiro atoms. The summed E-state index contributed by atoms with van der Waals surface area (Å²) in [7, 11) is 0. The summed E-state index contributed by atoms with van der Waals surface area (Å²) < 4.78 is 27.9. The Morgan fingerprint density at radius 3 is 2.27 bits per heavy atom. The molecule has 4 nitrogen and oxygen atoms in total. The molecule has 0 saturated carbocycles. The summed E-state index contributed by atoms with van der Waals surface area (Å²) >= 11 is 1.47. The van der Waals surface area contributed by atoms with Gasteiger partial charge in [0.2, 0.25) is 0 Å². The van der Waals surface area contributed by atoms with E-state index in [9.17, 15) is 18.7 Å². The van der Waals surface area contributed by atoms with Crippen LogP contribution in [0.1, 0.15) is 34.0 Å². The van der Waals surface area contributed by atoms with Gasteiger partial charge in [0.1, 0.15) is 11.6 Å². The molecule has 0 aliphatic carbocycles. The number of carbonyl (C=O) groups excluding carboxylic acids is 1. The van der Waals surface area contributed by atoms with Gasteiger partial charge in [-0.15, -0.1) is 11.8 Å². The van der Waals surface area contributed by atoms with Crippen molar-refractivity contribution in [2.24, 2.45) is 0 Å². The molecule has 40 heavy (non-hydrogen) atoms. The van der Waals surface area contributed by atoms with E-state index in [1.807, 2.05) is 60.9 Å². The minimum Gasteiger partial charge on any atom is -0.390 e. The van der Waals surface area contributed by atoms with E-state index in [4.69, 9.17) is 0 Å². The molecule has 0 fully saturated rings. The number of aliphatic hydroxyl groups excluding tert-OH is 1. The Hall–Kier alpha value is -3.52. The number of hydrogen-bond acceptors (Lipinski definition) is 4. The first-order valence-electron chi connectivity index (χ1n) is 13.3. The van der Waals surface area contributed by atoms with Gasteiger partial charge in [0, 0.05) is 24.1 Å². The maximum atomic E-state index is 14.0. The molecule has 0 aliphatic rings. The van der Waals surface area contributed by atoms with Crippen molar-refractivity contribution in [3.05, 3.63) is 125 Å². The average Bonchev–Trinajstić information content (AvgIpc) is 2.96. The molecule has 1 amide bonds. The number of carbonyl (C=O) groups is 1. The molecule has 4 aromatic carbocycles. The van der Waals surface area contributed by atoms with E-state index < -0.39 is 23.8 Å². The molecule has 0 radical (unpaired) electrons. The Morgan fingerprint density at radius 1 is 0.875 bits per heavy atom. The minimum atomic E-state index is -1.01. The zero-order chi connectivity index (χ0) is 28.5. The molecule has 0 unspecified atom stereocenters. The monoisotopic (exact) mass is 560 g/mol. The van der Waals surface area contributed by atoms with Crippen molar-refractivity contribution >= 4 is 17.7 Å². The van der Waals surface area contributed by atoms with Crippen LogP contribution in [0.2, 0.25) is 0 Å². The van der Waals surface area contributed by atoms with E-state index in [-0.39, 0.29) is 18.9 Å². The minimum absolute atomic E-state index is 0.0571. The third kappa shape index (κ3) is 7.78. The fourth-order valence-corrected chi connectivity index (χ4v) is 5.55. The van der Waals surface area contributed by atoms with Crippen LogP contribution in [-0.4, -0.2) is 36.0 Å². The van der Waals surface area contributed by atoms with E-state index in [1.165, 1.54) is 29.5 Å². The van der Waals surface area contributed by atoms with Gasteiger partial charge < -0.3 is 15.7 Å². The van der Waals surface area contributed by atoms with Crippen LogP contribution in [0, 0.1) is 11.6 Å². The molecule has 3 N–H and O–H groups in total. The Kier molecular flexibility index (Phi) is 10.5. The van der Waals surface area contributed by atoms with Gasteiger partial charge in [0.25, 0.3) is 5.91 Å². The van der Waals surface area contributed by atoms with Crippen LogP contribution in [0.3, 0.4) is 0 Å². The topological polar surface area (TPSA) is 61.4 Å². The lowest BCUT2D eigenvalue weighted by Gasteiger charge is -2.26. The number of aliphatic hydroxyl groups is 1. The zero-order valence-electron chi connectivity index (χ0n) is 22.7. The van der Waals surface area contributed by atoms with Crippen LogP contribution in [0.4, 0.5) is 8.78 Å². The molecular weight excluding hydrogens is 526 g/mol. The van der Waals surface area contributed by atoms with Gasteiger partial charge in [0.05, 0.1) is 17.7 Å². The second-order valence-corrected chi connectivity index (χ2v) is 10.5. The van der Waals surface area contributed by atoms with Crippen molar-refractivity contribution in [3.63, 3.8) is 0 Å². The number of amides is 1. The van der Waals surface area contributed by atoms with Gasteiger partial charge in [-0.25, -0.2) is 8.78 Å². The van der Waals surface area contributed by atoms with Crippen molar-refractivity contribution < 1.29 is 18.7 Å². The Morgan fingerprint density at radius 2 is 1.57 bits per heavy atom. The molecule has 2 atom stereocenters. The summed E-state index contributed by atoms with van der Waals surface area (Å²) in [5.41, 5.74) is 5.05. The molecule has 0 saturated heterocycles. The zero-order valence-corrected chi connectivity index (χ0v) is 23.5. The van der Waals surface area contributed by atoms with Gasteiger partial charge in [-0.1, -0.05) is 73.7 Å². The number of hydrogen-bond donors (Lipinski definition) is 3. The van der Waals surface area contributed by atoms with Gasteiger partial charge in [-0.2, -0.15) is 0 Å². The Balaban J connectivity index is 1.55. The second-order valence-electron chi connectivity index (χ2n) is 9.69. The molecule has 4 rings (SSSR count). The van der Waals surface area contributed by atoms with E-state index in [1.54, 1.807) is 6.07 Å². The smallest absolute Gasteiger partial charge is 0.252 e. The summed E-state index contributed by atoms with van der Waals surface area (Å²) in [6.45, 7) is 2.81. The highest BCUT2D eigenvalue weighted by Gasteiger charge is 2.25. The van der Waals surface area contributed by atoms with Crippen LogP contribution < -0.4 is 10.6 Å². The maximum absolute atomic E-state index is 14.0. The lowest BCUT2D eigenvalue weighted by Crippen LogP contribution is -2.48. The number of halogens is 2. The Labute approximate surface area is 238 Å². The van der Waals surface area contributed by atoms with Gasteiger partial charge >= 0.3 is 0 Å². The highest BCUT2D eigenvalue weighted by Crippen LogP contribution is 2.33. The van der Waals surface area contributed by atoms with Gasteiger partial charge in [-0.3, -0.25) is 4.79 Å². The number of benzene rings is 4. The van der Waals surface area contributed by atoms with Crippen molar-refractivity contribution in [1.29, 1.82) is 0 Å². The molecule has 4 aromatic rings. The first-order chi connectivity index (χ1) is 19.4. The quantitative estimate of drug-likeness (QED) is 0.175. The van der Waals surface area contributed by atoms with Gasteiger partial charge in [-0.05, 0) is 65.1 Å². The van der Waals surface area contributed by atoms with E-state index >= 15 is 0 Å². The Bertz CT molecular complexity index is 1410. The van der Waals surface area contributed by atoms with Crippen molar-refractivity contribution in [3.8, 4) is 11.1 Å². The summed E-state index contributed by atoms with van der Waals surface area (Å²) in [6.07, 6.45) is 1.89. The maximum Gasteiger partial charge on any atom is 0.252 e. The molecular formula is C33H34F2N2O2S. The number of nitrogens with one attached hydrogen (secondary N) is 2. The highest BCUT2D eigenvalue weighted by molar-refractivity contribution is 7.98. The number of thioether (sulfide) groups is 1. The predicted molar refractivity (Wildman–Crippen MR) is 159 cm³/mol. The van der Waals surface area contributed by atoms with Crippen LogP contribution in [0.5, 0.6) is 0 Å². The van der Waals surface area contributed by atoms with E-state index in [0.717, 1.165) is 34.1 Å². The largest absolute Gasteiger partial charge is 0.390 e. The summed E-state index contributed by atoms with van der Waals surface area (Å²) in [5, 5.41) is 17.4. The van der Waals surface area contributed by atoms with Crippen molar-refractivity contribution in [2.45, 2.75) is 43.4 Å². The van der Waals surface area contributed by atoms with Crippen LogP contribution in [-0.2, 0) is 19.4 Å².